The summed E-state index contributed by atoms with van der Waals surface area (Å²) in [5.41, 5.74) is 0.0431. The number of aromatic nitrogens is 1. The van der Waals surface area contributed by atoms with Crippen LogP contribution >= 0.6 is 11.8 Å². The van der Waals surface area contributed by atoms with E-state index in [1.165, 1.54) is 12.3 Å². The minimum atomic E-state index is -1.16. The zero-order chi connectivity index (χ0) is 13.0. The molecule has 1 saturated heterocycles. The number of hydrogen-bond donors (Lipinski definition) is 3. The predicted octanol–water partition coefficient (Wildman–Crippen LogP) is 1.41. The second-order valence-electron chi connectivity index (χ2n) is 3.86. The van der Waals surface area contributed by atoms with Gasteiger partial charge < -0.3 is 15.7 Å². The molecule has 18 heavy (non-hydrogen) atoms. The third-order valence-corrected chi connectivity index (χ3v) is 3.69. The van der Waals surface area contributed by atoms with Crippen LogP contribution in [0.1, 0.15) is 16.9 Å². The second-order valence-corrected chi connectivity index (χ2v) is 5.01. The number of carbonyl (C=O) groups is 2. The van der Waals surface area contributed by atoms with Crippen molar-refractivity contribution in [1.29, 1.82) is 0 Å². The molecular formula is C11H13N3O3S. The topological polar surface area (TPSA) is 91.3 Å². The van der Waals surface area contributed by atoms with Gasteiger partial charge in [-0.05, 0) is 24.3 Å². The van der Waals surface area contributed by atoms with Crippen molar-refractivity contribution in [2.45, 2.75) is 12.5 Å². The molecule has 1 aromatic heterocycles. The molecular weight excluding hydrogens is 254 g/mol. The normalized spacial score (nSPS) is 18.3. The van der Waals surface area contributed by atoms with Gasteiger partial charge in [-0.1, -0.05) is 0 Å². The summed E-state index contributed by atoms with van der Waals surface area (Å²) in [4.78, 5) is 26.3. The number of carboxylic acid groups (broad SMARTS) is 1. The first-order valence-corrected chi connectivity index (χ1v) is 6.66. The van der Waals surface area contributed by atoms with Crippen LogP contribution in [0.2, 0.25) is 0 Å². The molecule has 3 N–H and O–H groups in total. The summed E-state index contributed by atoms with van der Waals surface area (Å²) in [6.07, 6.45) is 2.32. The lowest BCUT2D eigenvalue weighted by Crippen LogP contribution is -2.38. The van der Waals surface area contributed by atoms with Gasteiger partial charge in [-0.2, -0.15) is 11.8 Å². The summed E-state index contributed by atoms with van der Waals surface area (Å²) in [6, 6.07) is 2.85. The Labute approximate surface area is 108 Å². The number of carbonyl (C=O) groups excluding carboxylic acids is 1. The second kappa shape index (κ2) is 5.72. The summed E-state index contributed by atoms with van der Waals surface area (Å²) in [7, 11) is 0. The van der Waals surface area contributed by atoms with Crippen molar-refractivity contribution in [3.63, 3.8) is 0 Å². The molecule has 0 aromatic carbocycles. The van der Waals surface area contributed by atoms with Crippen molar-refractivity contribution in [1.82, 2.24) is 10.3 Å². The lowest BCUT2D eigenvalue weighted by atomic mass is 10.2. The van der Waals surface area contributed by atoms with E-state index in [9.17, 15) is 9.59 Å². The fourth-order valence-electron chi connectivity index (χ4n) is 1.67. The van der Waals surface area contributed by atoms with E-state index in [2.05, 4.69) is 15.6 Å². The molecule has 2 heterocycles. The van der Waals surface area contributed by atoms with Crippen LogP contribution in [0, 0.1) is 0 Å². The molecule has 0 bridgehead atoms. The van der Waals surface area contributed by atoms with Gasteiger partial charge in [0, 0.05) is 18.0 Å². The van der Waals surface area contributed by atoms with E-state index in [0.29, 0.717) is 0 Å². The summed E-state index contributed by atoms with van der Waals surface area (Å²) >= 11 is 1.79. The zero-order valence-electron chi connectivity index (χ0n) is 9.55. The van der Waals surface area contributed by atoms with Crippen LogP contribution in [-0.4, -0.2) is 39.6 Å². The van der Waals surface area contributed by atoms with Gasteiger partial charge >= 0.3 is 12.0 Å². The first kappa shape index (κ1) is 12.7. The van der Waals surface area contributed by atoms with E-state index >= 15 is 0 Å². The maximum absolute atomic E-state index is 11.7. The van der Waals surface area contributed by atoms with Gasteiger partial charge in [-0.25, -0.2) is 14.6 Å². The number of thioether (sulfide) groups is 1. The maximum Gasteiger partial charge on any atom is 0.356 e. The Morgan fingerprint density at radius 3 is 3.00 bits per heavy atom. The van der Waals surface area contributed by atoms with Crippen LogP contribution in [0.25, 0.3) is 0 Å². The Bertz CT molecular complexity index is 461. The van der Waals surface area contributed by atoms with Crippen molar-refractivity contribution in [3.05, 3.63) is 24.0 Å². The van der Waals surface area contributed by atoms with Crippen LogP contribution in [0.3, 0.4) is 0 Å². The first-order valence-electron chi connectivity index (χ1n) is 5.50. The van der Waals surface area contributed by atoms with Crippen LogP contribution in [-0.2, 0) is 0 Å². The molecule has 96 valence electrons. The molecule has 7 heteroatoms. The number of nitrogens with one attached hydrogen (secondary N) is 2. The SMILES string of the molecule is O=C(Nc1cccnc1C(=O)O)NC1CCSC1. The largest absolute Gasteiger partial charge is 0.476 e. The van der Waals surface area contributed by atoms with Gasteiger partial charge in [0.05, 0.1) is 5.69 Å². The molecule has 0 spiro atoms. The number of amides is 2. The van der Waals surface area contributed by atoms with E-state index in [0.717, 1.165) is 17.9 Å². The number of hydrogen-bond acceptors (Lipinski definition) is 4. The maximum atomic E-state index is 11.7. The highest BCUT2D eigenvalue weighted by molar-refractivity contribution is 7.99. The lowest BCUT2D eigenvalue weighted by molar-refractivity contribution is 0.0692. The highest BCUT2D eigenvalue weighted by Gasteiger charge is 2.19. The van der Waals surface area contributed by atoms with Crippen LogP contribution < -0.4 is 10.6 Å². The molecule has 1 aliphatic heterocycles. The number of urea groups is 1. The summed E-state index contributed by atoms with van der Waals surface area (Å²) in [5, 5.41) is 14.2. The molecule has 0 radical (unpaired) electrons. The van der Waals surface area contributed by atoms with E-state index in [1.54, 1.807) is 17.8 Å². The molecule has 2 rings (SSSR count). The Kier molecular flexibility index (Phi) is 4.03. The molecule has 1 unspecified atom stereocenters. The third kappa shape index (κ3) is 3.13. The molecule has 6 nitrogen and oxygen atoms in total. The smallest absolute Gasteiger partial charge is 0.356 e. The Morgan fingerprint density at radius 2 is 2.33 bits per heavy atom. The molecule has 1 atom stereocenters. The number of aromatic carboxylic acids is 1. The zero-order valence-corrected chi connectivity index (χ0v) is 10.4. The number of anilines is 1. The lowest BCUT2D eigenvalue weighted by Gasteiger charge is -2.13. The number of nitrogens with zero attached hydrogens (tertiary/aromatic N) is 1. The van der Waals surface area contributed by atoms with Crippen LogP contribution in [0.5, 0.6) is 0 Å². The third-order valence-electron chi connectivity index (χ3n) is 2.52. The van der Waals surface area contributed by atoms with E-state index in [-0.39, 0.29) is 17.4 Å². The number of carboxylic acids is 1. The fourth-order valence-corrected chi connectivity index (χ4v) is 2.82. The Balaban J connectivity index is 2.00. The minimum absolute atomic E-state index is 0.153. The molecule has 0 aliphatic carbocycles. The van der Waals surface area contributed by atoms with E-state index in [1.807, 2.05) is 0 Å². The number of rotatable bonds is 3. The van der Waals surface area contributed by atoms with Crippen LogP contribution in [0.15, 0.2) is 18.3 Å². The predicted molar refractivity (Wildman–Crippen MR) is 69.1 cm³/mol. The van der Waals surface area contributed by atoms with E-state index in [4.69, 9.17) is 5.11 Å². The molecule has 0 saturated carbocycles. The summed E-state index contributed by atoms with van der Waals surface area (Å²) in [6.45, 7) is 0. The average molecular weight is 267 g/mol. The minimum Gasteiger partial charge on any atom is -0.476 e. The Morgan fingerprint density at radius 1 is 1.50 bits per heavy atom. The molecule has 1 fully saturated rings. The number of pyridine rings is 1. The summed E-state index contributed by atoms with van der Waals surface area (Å²) < 4.78 is 0. The van der Waals surface area contributed by atoms with Crippen molar-refractivity contribution in [2.24, 2.45) is 0 Å². The fraction of sp³-hybridized carbons (Fsp3) is 0.364. The van der Waals surface area contributed by atoms with Gasteiger partial charge in [-0.15, -0.1) is 0 Å². The Hall–Kier alpha value is -1.76. The van der Waals surface area contributed by atoms with Crippen LogP contribution in [0.4, 0.5) is 10.5 Å². The van der Waals surface area contributed by atoms with Crippen molar-refractivity contribution >= 4 is 29.4 Å². The van der Waals surface area contributed by atoms with E-state index < -0.39 is 12.0 Å². The quantitative estimate of drug-likeness (QED) is 0.770. The van der Waals surface area contributed by atoms with Gasteiger partial charge in [0.15, 0.2) is 5.69 Å². The first-order chi connectivity index (χ1) is 8.66. The van der Waals surface area contributed by atoms with Gasteiger partial charge in [0.2, 0.25) is 0 Å². The van der Waals surface area contributed by atoms with Gasteiger partial charge in [0.25, 0.3) is 0 Å². The summed E-state index contributed by atoms with van der Waals surface area (Å²) in [5.74, 6) is 0.770. The standard InChI is InChI=1S/C11H13N3O3S/c15-10(16)9-8(2-1-4-12-9)14-11(17)13-7-3-5-18-6-7/h1-2,4,7H,3,5-6H2,(H,15,16)(H2,13,14,17). The van der Waals surface area contributed by atoms with Crippen molar-refractivity contribution in [2.75, 3.05) is 16.8 Å². The highest BCUT2D eigenvalue weighted by atomic mass is 32.2. The monoisotopic (exact) mass is 267 g/mol. The molecule has 1 aliphatic rings. The van der Waals surface area contributed by atoms with Crippen molar-refractivity contribution in [3.8, 4) is 0 Å². The molecule has 1 aromatic rings. The average Bonchev–Trinajstić information content (AvgIpc) is 2.82. The highest BCUT2D eigenvalue weighted by Crippen LogP contribution is 2.17. The van der Waals surface area contributed by atoms with Gasteiger partial charge in [0.1, 0.15) is 0 Å². The molecule has 2 amide bonds. The van der Waals surface area contributed by atoms with Gasteiger partial charge in [-0.3, -0.25) is 0 Å². The van der Waals surface area contributed by atoms with Crippen molar-refractivity contribution < 1.29 is 14.7 Å².